The van der Waals surface area contributed by atoms with Gasteiger partial charge in [0, 0.05) is 5.75 Å². The van der Waals surface area contributed by atoms with Crippen molar-refractivity contribution in [2.75, 3.05) is 0 Å². The molecule has 1 N–H and O–H groups in total. The molecule has 0 saturated carbocycles. The fourth-order valence-electron chi connectivity index (χ4n) is 1.54. The quantitative estimate of drug-likeness (QED) is 0.855. The molecule has 1 aromatic rings. The molecule has 2 nitrogen and oxygen atoms in total. The van der Waals surface area contributed by atoms with Crippen LogP contribution in [0.4, 0.5) is 0 Å². The number of thioether (sulfide) groups is 1. The third-order valence-electron chi connectivity index (χ3n) is 2.36. The van der Waals surface area contributed by atoms with Crippen LogP contribution in [0, 0.1) is 12.8 Å². The molecule has 0 fully saturated rings. The van der Waals surface area contributed by atoms with E-state index in [1.807, 2.05) is 39.0 Å². The van der Waals surface area contributed by atoms with Crippen LogP contribution < -0.4 is 0 Å². The first-order valence-electron chi connectivity index (χ1n) is 5.40. The number of aliphatic carboxylic acids is 1. The number of rotatable bonds is 5. The van der Waals surface area contributed by atoms with Gasteiger partial charge in [-0.2, -0.15) is 0 Å². The summed E-state index contributed by atoms with van der Waals surface area (Å²) >= 11 is 1.50. The molecule has 1 aromatic carbocycles. The van der Waals surface area contributed by atoms with Crippen LogP contribution >= 0.6 is 11.8 Å². The van der Waals surface area contributed by atoms with E-state index in [1.165, 1.54) is 22.9 Å². The average molecular weight is 238 g/mol. The van der Waals surface area contributed by atoms with E-state index in [1.54, 1.807) is 0 Å². The van der Waals surface area contributed by atoms with Crippen LogP contribution in [0.1, 0.15) is 25.0 Å². The summed E-state index contributed by atoms with van der Waals surface area (Å²) in [4.78, 5) is 11.0. The van der Waals surface area contributed by atoms with Crippen LogP contribution in [0.15, 0.2) is 24.3 Å². The van der Waals surface area contributed by atoms with Gasteiger partial charge in [-0.25, -0.2) is 0 Å². The normalized spacial score (nSPS) is 12.8. The van der Waals surface area contributed by atoms with Crippen molar-refractivity contribution in [3.63, 3.8) is 0 Å². The Morgan fingerprint density at radius 2 is 2.12 bits per heavy atom. The first kappa shape index (κ1) is 13.1. The Kier molecular flexibility index (Phi) is 4.87. The molecule has 3 heteroatoms. The molecule has 0 aliphatic heterocycles. The molecular weight excluding hydrogens is 220 g/mol. The fraction of sp³-hybridized carbons (Fsp3) is 0.462. The first-order chi connectivity index (χ1) is 7.50. The summed E-state index contributed by atoms with van der Waals surface area (Å²) in [5, 5.41) is 8.74. The van der Waals surface area contributed by atoms with Gasteiger partial charge >= 0.3 is 5.97 Å². The van der Waals surface area contributed by atoms with Crippen molar-refractivity contribution < 1.29 is 9.90 Å². The summed E-state index contributed by atoms with van der Waals surface area (Å²) in [6, 6.07) is 8.20. The van der Waals surface area contributed by atoms with Crippen molar-refractivity contribution in [3.05, 3.63) is 35.4 Å². The molecule has 1 unspecified atom stereocenters. The molecule has 1 rings (SSSR count). The molecule has 0 radical (unpaired) electrons. The fourth-order valence-corrected chi connectivity index (χ4v) is 2.62. The summed E-state index contributed by atoms with van der Waals surface area (Å²) in [5.74, 6) is 0.205. The van der Waals surface area contributed by atoms with Crippen LogP contribution in [0.25, 0.3) is 0 Å². The number of hydrogen-bond donors (Lipinski definition) is 1. The Hall–Kier alpha value is -0.960. The standard InChI is InChI=1S/C13H18O2S/c1-9(2)12(13(14)15)16-8-11-6-4-5-10(3)7-11/h4-7,9,12H,8H2,1-3H3,(H,14,15). The molecular formula is C13H18O2S. The van der Waals surface area contributed by atoms with Crippen molar-refractivity contribution >= 4 is 17.7 Å². The Morgan fingerprint density at radius 1 is 1.44 bits per heavy atom. The van der Waals surface area contributed by atoms with Crippen LogP contribution in [-0.2, 0) is 10.5 Å². The molecule has 0 heterocycles. The van der Waals surface area contributed by atoms with E-state index < -0.39 is 5.97 Å². The molecule has 0 spiro atoms. The first-order valence-corrected chi connectivity index (χ1v) is 6.45. The van der Waals surface area contributed by atoms with Crippen molar-refractivity contribution in [2.24, 2.45) is 5.92 Å². The molecule has 0 bridgehead atoms. The number of aryl methyl sites for hydroxylation is 1. The minimum atomic E-state index is -0.715. The maximum Gasteiger partial charge on any atom is 0.316 e. The molecule has 16 heavy (non-hydrogen) atoms. The number of hydrogen-bond acceptors (Lipinski definition) is 2. The molecule has 0 saturated heterocycles. The van der Waals surface area contributed by atoms with Crippen molar-refractivity contribution in [1.82, 2.24) is 0 Å². The van der Waals surface area contributed by atoms with E-state index in [0.29, 0.717) is 0 Å². The summed E-state index contributed by atoms with van der Waals surface area (Å²) in [6.45, 7) is 5.94. The van der Waals surface area contributed by atoms with E-state index in [0.717, 1.165) is 5.75 Å². The lowest BCUT2D eigenvalue weighted by molar-refractivity contribution is -0.137. The second-order valence-corrected chi connectivity index (χ2v) is 5.43. The van der Waals surface area contributed by atoms with Crippen LogP contribution in [0.3, 0.4) is 0 Å². The van der Waals surface area contributed by atoms with Gasteiger partial charge in [0.25, 0.3) is 0 Å². The van der Waals surface area contributed by atoms with Crippen molar-refractivity contribution in [2.45, 2.75) is 31.8 Å². The zero-order valence-corrected chi connectivity index (χ0v) is 10.8. The number of carboxylic acid groups (broad SMARTS) is 1. The van der Waals surface area contributed by atoms with E-state index in [-0.39, 0.29) is 11.2 Å². The predicted molar refractivity (Wildman–Crippen MR) is 68.7 cm³/mol. The lowest BCUT2D eigenvalue weighted by Crippen LogP contribution is -2.22. The SMILES string of the molecule is Cc1cccc(CSC(C(=O)O)C(C)C)c1. The second kappa shape index (κ2) is 5.94. The van der Waals surface area contributed by atoms with E-state index in [4.69, 9.17) is 5.11 Å². The third-order valence-corrected chi connectivity index (χ3v) is 3.97. The van der Waals surface area contributed by atoms with Gasteiger partial charge in [0.2, 0.25) is 0 Å². The van der Waals surface area contributed by atoms with Gasteiger partial charge in [0.15, 0.2) is 0 Å². The molecule has 0 aliphatic rings. The lowest BCUT2D eigenvalue weighted by atomic mass is 10.1. The Bertz CT molecular complexity index is 361. The number of benzene rings is 1. The van der Waals surface area contributed by atoms with Crippen molar-refractivity contribution in [1.29, 1.82) is 0 Å². The Balaban J connectivity index is 2.59. The summed E-state index contributed by atoms with van der Waals surface area (Å²) in [5.41, 5.74) is 2.41. The summed E-state index contributed by atoms with van der Waals surface area (Å²) < 4.78 is 0. The average Bonchev–Trinajstić information content (AvgIpc) is 2.16. The van der Waals surface area contributed by atoms with E-state index in [9.17, 15) is 4.79 Å². The maximum atomic E-state index is 11.0. The molecule has 0 aliphatic carbocycles. The minimum Gasteiger partial charge on any atom is -0.480 e. The van der Waals surface area contributed by atoms with Gasteiger partial charge in [0.05, 0.1) is 0 Å². The minimum absolute atomic E-state index is 0.160. The van der Waals surface area contributed by atoms with Gasteiger partial charge in [-0.1, -0.05) is 43.7 Å². The zero-order valence-electron chi connectivity index (χ0n) is 9.93. The Morgan fingerprint density at radius 3 is 2.62 bits per heavy atom. The highest BCUT2D eigenvalue weighted by atomic mass is 32.2. The molecule has 0 aromatic heterocycles. The summed E-state index contributed by atoms with van der Waals surface area (Å²) in [7, 11) is 0. The zero-order chi connectivity index (χ0) is 12.1. The van der Waals surface area contributed by atoms with Gasteiger partial charge < -0.3 is 5.11 Å². The maximum absolute atomic E-state index is 11.0. The number of carbonyl (C=O) groups is 1. The predicted octanol–water partition coefficient (Wildman–Crippen LogP) is 3.34. The monoisotopic (exact) mass is 238 g/mol. The van der Waals surface area contributed by atoms with Gasteiger partial charge in [-0.05, 0) is 18.4 Å². The second-order valence-electron chi connectivity index (χ2n) is 4.30. The van der Waals surface area contributed by atoms with Crippen LogP contribution in [0.5, 0.6) is 0 Å². The Labute approximate surface area is 101 Å². The molecule has 0 amide bonds. The topological polar surface area (TPSA) is 37.3 Å². The van der Waals surface area contributed by atoms with E-state index in [2.05, 4.69) is 6.07 Å². The smallest absolute Gasteiger partial charge is 0.316 e. The molecule has 1 atom stereocenters. The van der Waals surface area contributed by atoms with Gasteiger partial charge in [-0.15, -0.1) is 11.8 Å². The lowest BCUT2D eigenvalue weighted by Gasteiger charge is -2.15. The number of carboxylic acids is 1. The van der Waals surface area contributed by atoms with Gasteiger partial charge in [0.1, 0.15) is 5.25 Å². The highest BCUT2D eigenvalue weighted by Crippen LogP contribution is 2.24. The largest absolute Gasteiger partial charge is 0.480 e. The van der Waals surface area contributed by atoms with Crippen molar-refractivity contribution in [3.8, 4) is 0 Å². The van der Waals surface area contributed by atoms with E-state index >= 15 is 0 Å². The van der Waals surface area contributed by atoms with Crippen LogP contribution in [-0.4, -0.2) is 16.3 Å². The highest BCUT2D eigenvalue weighted by Gasteiger charge is 2.21. The third kappa shape index (κ3) is 3.89. The van der Waals surface area contributed by atoms with Gasteiger partial charge in [-0.3, -0.25) is 4.79 Å². The summed E-state index contributed by atoms with van der Waals surface area (Å²) in [6.07, 6.45) is 0. The van der Waals surface area contributed by atoms with Crippen LogP contribution in [0.2, 0.25) is 0 Å². The highest BCUT2D eigenvalue weighted by molar-refractivity contribution is 7.99. The molecule has 88 valence electrons.